The van der Waals surface area contributed by atoms with E-state index in [4.69, 9.17) is 5.26 Å². The summed E-state index contributed by atoms with van der Waals surface area (Å²) >= 11 is 0. The summed E-state index contributed by atoms with van der Waals surface area (Å²) < 4.78 is 0. The van der Waals surface area contributed by atoms with E-state index in [2.05, 4.69) is 31.3 Å². The van der Waals surface area contributed by atoms with Crippen LogP contribution in [0.25, 0.3) is 0 Å². The van der Waals surface area contributed by atoms with Gasteiger partial charge in [0.2, 0.25) is 0 Å². The average molecular weight is 382 g/mol. The number of nitrogens with one attached hydrogen (secondary N) is 1. The molecule has 0 heterocycles. The zero-order valence-corrected chi connectivity index (χ0v) is 18.3. The third-order valence-electron chi connectivity index (χ3n) is 3.89. The van der Waals surface area contributed by atoms with Crippen LogP contribution >= 0.6 is 12.4 Å². The molecule has 0 aliphatic carbocycles. The number of carbonyl (C=O) groups is 1. The molecule has 0 unspecified atom stereocenters. The molecule has 6 heteroatoms. The van der Waals surface area contributed by atoms with E-state index in [1.807, 2.05) is 24.3 Å². The van der Waals surface area contributed by atoms with Crippen molar-refractivity contribution in [1.29, 1.82) is 5.26 Å². The van der Waals surface area contributed by atoms with Gasteiger partial charge in [0.25, 0.3) is 0 Å². The van der Waals surface area contributed by atoms with E-state index in [1.54, 1.807) is 12.1 Å². The molecule has 2 rings (SSSR count). The molecule has 1 radical (unpaired) electrons. The molecular weight excluding hydrogens is 359 g/mol. The molecule has 4 nitrogen and oxygen atoms in total. The van der Waals surface area contributed by atoms with Crippen molar-refractivity contribution < 1.29 is 9.90 Å². The number of benzene rings is 2. The molecule has 2 aromatic carbocycles. The van der Waals surface area contributed by atoms with Gasteiger partial charge in [0.15, 0.2) is 5.78 Å². The minimum absolute atomic E-state index is 0. The Kier molecular flexibility index (Phi) is 10.8. The summed E-state index contributed by atoms with van der Waals surface area (Å²) in [6.07, 6.45) is 0.899. The van der Waals surface area contributed by atoms with Crippen molar-refractivity contribution in [3.05, 3.63) is 65.2 Å². The summed E-state index contributed by atoms with van der Waals surface area (Å²) in [7, 11) is 0. The van der Waals surface area contributed by atoms with Crippen molar-refractivity contribution in [2.24, 2.45) is 0 Å². The number of hydrogen-bond acceptors (Lipinski definition) is 4. The number of carbonyl (C=O) groups excluding carboxylic acids is 1. The minimum atomic E-state index is -0.219. The van der Waals surface area contributed by atoms with Gasteiger partial charge < -0.3 is 10.4 Å². The third kappa shape index (κ3) is 7.49. The Hall–Kier alpha value is -1.35. The fourth-order valence-electron chi connectivity index (χ4n) is 2.58. The smallest absolute Gasteiger partial charge is 0.176 e. The van der Waals surface area contributed by atoms with Crippen molar-refractivity contribution in [2.45, 2.75) is 32.2 Å². The van der Waals surface area contributed by atoms with E-state index in [0.717, 1.165) is 6.42 Å². The van der Waals surface area contributed by atoms with Gasteiger partial charge in [-0.15, -0.1) is 12.4 Å². The predicted octanol–water partition coefficient (Wildman–Crippen LogP) is 3.29. The van der Waals surface area contributed by atoms with Crippen molar-refractivity contribution in [2.75, 3.05) is 6.54 Å². The zero-order valence-electron chi connectivity index (χ0n) is 15.5. The Labute approximate surface area is 183 Å². The van der Waals surface area contributed by atoms with Crippen LogP contribution in [-0.2, 0) is 12.8 Å². The summed E-state index contributed by atoms with van der Waals surface area (Å²) in [6, 6.07) is 16.8. The van der Waals surface area contributed by atoms with Gasteiger partial charge in [0.1, 0.15) is 5.75 Å². The van der Waals surface area contributed by atoms with Gasteiger partial charge >= 0.3 is 0 Å². The van der Waals surface area contributed by atoms with E-state index < -0.39 is 0 Å². The number of phenolic OH excluding ortho intramolecular Hbond substituents is 1. The minimum Gasteiger partial charge on any atom is -0.508 e. The van der Waals surface area contributed by atoms with E-state index in [1.165, 1.54) is 11.6 Å². The van der Waals surface area contributed by atoms with Gasteiger partial charge in [-0.05, 0) is 44.0 Å². The second-order valence-electron chi connectivity index (χ2n) is 6.50. The van der Waals surface area contributed by atoms with E-state index >= 15 is 0 Å². The largest absolute Gasteiger partial charge is 0.508 e. The number of nitrogens with zero attached hydrogens (tertiary/aromatic N) is 1. The summed E-state index contributed by atoms with van der Waals surface area (Å²) in [4.78, 5) is 12.4. The first-order chi connectivity index (χ1) is 11.4. The zero-order chi connectivity index (χ0) is 17.6. The first-order valence-corrected chi connectivity index (χ1v) is 7.92. The third-order valence-corrected chi connectivity index (χ3v) is 3.89. The number of aromatic hydroxyl groups is 1. The van der Waals surface area contributed by atoms with Crippen LogP contribution in [0.3, 0.4) is 0 Å². The van der Waals surface area contributed by atoms with Gasteiger partial charge in [-0.3, -0.25) is 4.79 Å². The van der Waals surface area contributed by atoms with Crippen LogP contribution in [0.2, 0.25) is 0 Å². The topological polar surface area (TPSA) is 73.1 Å². The predicted molar refractivity (Wildman–Crippen MR) is 107 cm³/mol. The molecule has 2 aromatic rings. The summed E-state index contributed by atoms with van der Waals surface area (Å²) in [6.45, 7) is 4.33. The molecule has 0 amide bonds. The molecule has 0 spiro atoms. The molecule has 0 saturated heterocycles. The number of Topliss-reactive ketones (excluding diaryl/α,β-unsaturated/α-hetero) is 1. The van der Waals surface area contributed by atoms with Gasteiger partial charge in [0.05, 0.1) is 19.0 Å². The Bertz CT molecular complexity index is 758. The maximum absolute atomic E-state index is 12.4. The molecule has 0 aliphatic heterocycles. The van der Waals surface area contributed by atoms with E-state index in [-0.39, 0.29) is 72.0 Å². The fraction of sp³-hybridized carbons (Fsp3) is 0.300. The number of phenols is 1. The molecule has 133 valence electrons. The Balaban J connectivity index is 0.00000312. The summed E-state index contributed by atoms with van der Waals surface area (Å²) in [5, 5.41) is 21.8. The number of rotatable bonds is 7. The number of ketones is 1. The number of nitriles is 1. The Morgan fingerprint density at radius 1 is 1.19 bits per heavy atom. The SMILES string of the molecule is CC(C)(Cc1ccccc1)NCC(=O)c1ccc(O)c(CC#N)c1.Cl.[Na]. The Morgan fingerprint density at radius 2 is 1.85 bits per heavy atom. The van der Waals surface area contributed by atoms with Gasteiger partial charge in [-0.1, -0.05) is 30.3 Å². The summed E-state index contributed by atoms with van der Waals surface area (Å²) in [5.74, 6) is -0.0132. The van der Waals surface area contributed by atoms with Crippen LogP contribution in [-0.4, -0.2) is 52.5 Å². The van der Waals surface area contributed by atoms with Gasteiger partial charge in [-0.2, -0.15) is 5.26 Å². The van der Waals surface area contributed by atoms with E-state index in [0.29, 0.717) is 11.1 Å². The quantitative estimate of drug-likeness (QED) is 0.570. The van der Waals surface area contributed by atoms with Crippen LogP contribution in [0, 0.1) is 11.3 Å². The molecular formula is C20H23ClN2NaO2. The van der Waals surface area contributed by atoms with Crippen molar-refractivity contribution >= 4 is 47.7 Å². The molecule has 26 heavy (non-hydrogen) atoms. The van der Waals surface area contributed by atoms with E-state index in [9.17, 15) is 9.90 Å². The van der Waals surface area contributed by atoms with Crippen molar-refractivity contribution in [1.82, 2.24) is 5.32 Å². The van der Waals surface area contributed by atoms with Crippen LogP contribution < -0.4 is 5.32 Å². The number of halogens is 1. The molecule has 0 atom stereocenters. The maximum atomic E-state index is 12.4. The molecule has 2 N–H and O–H groups in total. The first kappa shape index (κ1) is 24.7. The Morgan fingerprint density at radius 3 is 2.46 bits per heavy atom. The average Bonchev–Trinajstić information content (AvgIpc) is 2.55. The second kappa shape index (κ2) is 11.4. The van der Waals surface area contributed by atoms with Crippen LogP contribution in [0.4, 0.5) is 0 Å². The first-order valence-electron chi connectivity index (χ1n) is 7.92. The monoisotopic (exact) mass is 381 g/mol. The van der Waals surface area contributed by atoms with Crippen molar-refractivity contribution in [3.8, 4) is 11.8 Å². The molecule has 0 aromatic heterocycles. The standard InChI is InChI=1S/C20H22N2O2.ClH.Na/c1-20(2,13-15-6-4-3-5-7-15)22-14-19(24)16-8-9-18(23)17(12-16)10-11-21;;/h3-9,12,22-23H,10,13-14H2,1-2H3;1H;. The molecule has 0 saturated carbocycles. The molecule has 0 bridgehead atoms. The molecule has 0 fully saturated rings. The second-order valence-corrected chi connectivity index (χ2v) is 6.50. The number of hydrogen-bond donors (Lipinski definition) is 2. The van der Waals surface area contributed by atoms with Crippen LogP contribution in [0.15, 0.2) is 48.5 Å². The fourth-order valence-corrected chi connectivity index (χ4v) is 2.58. The molecule has 0 aliphatic rings. The van der Waals surface area contributed by atoms with Crippen molar-refractivity contribution in [3.63, 3.8) is 0 Å². The normalized spacial score (nSPS) is 10.2. The van der Waals surface area contributed by atoms with Gasteiger partial charge in [0, 0.05) is 46.2 Å². The van der Waals surface area contributed by atoms with Crippen LogP contribution in [0.1, 0.15) is 35.3 Å². The maximum Gasteiger partial charge on any atom is 0.176 e. The van der Waals surface area contributed by atoms with Crippen LogP contribution in [0.5, 0.6) is 5.75 Å². The van der Waals surface area contributed by atoms with Gasteiger partial charge in [-0.25, -0.2) is 0 Å². The summed E-state index contributed by atoms with van der Waals surface area (Å²) in [5.41, 5.74) is 1.97.